The second-order valence-corrected chi connectivity index (χ2v) is 9.70. The highest BCUT2D eigenvalue weighted by Crippen LogP contribution is 2.40. The maximum atomic E-state index is 14.5. The molecule has 2 N–H and O–H groups in total. The Morgan fingerprint density at radius 1 is 1.25 bits per heavy atom. The molecule has 0 amide bonds. The molecule has 3 atom stereocenters. The van der Waals surface area contributed by atoms with Gasteiger partial charge < -0.3 is 15.3 Å². The average Bonchev–Trinajstić information content (AvgIpc) is 2.82. The Morgan fingerprint density at radius 3 is 2.53 bits per heavy atom. The summed E-state index contributed by atoms with van der Waals surface area (Å²) in [5, 5.41) is 22.5. The molecule has 1 aromatic carbocycles. The number of fused-ring (bicyclic) bond motifs is 1. The number of halogens is 3. The number of nitrogens with one attached hydrogen (secondary N) is 1. The zero-order valence-corrected chi connectivity index (χ0v) is 20.9. The number of nitrogens with zero attached hydrogens (tertiary/aromatic N) is 5. The first-order valence-electron chi connectivity index (χ1n) is 11.4. The third-order valence-electron chi connectivity index (χ3n) is 6.54. The lowest BCUT2D eigenvalue weighted by atomic mass is 9.87. The van der Waals surface area contributed by atoms with E-state index in [0.29, 0.717) is 16.6 Å². The minimum Gasteiger partial charge on any atom is -0.476 e. The SMILES string of the molecule is Cc1cc([C@@H](C)Nc2ccc(Cl)nc2C(=O)O)c2nc(N3CC(C)C(F)(F)C(C)C3)c(C#N)nc2c1. The molecule has 2 unspecified atom stereocenters. The molecule has 2 aromatic heterocycles. The van der Waals surface area contributed by atoms with Gasteiger partial charge in [-0.15, -0.1) is 0 Å². The second kappa shape index (κ2) is 9.47. The molecule has 8 nitrogen and oxygen atoms in total. The Bertz CT molecular complexity index is 1380. The number of piperidine rings is 1. The summed E-state index contributed by atoms with van der Waals surface area (Å²) in [6.07, 6.45) is 0. The summed E-state index contributed by atoms with van der Waals surface area (Å²) in [5.74, 6) is -5.63. The van der Waals surface area contributed by atoms with E-state index >= 15 is 0 Å². The van der Waals surface area contributed by atoms with Crippen LogP contribution in [0.1, 0.15) is 54.1 Å². The third kappa shape index (κ3) is 4.63. The van der Waals surface area contributed by atoms with Gasteiger partial charge in [0.2, 0.25) is 0 Å². The third-order valence-corrected chi connectivity index (χ3v) is 6.75. The number of carboxylic acids is 1. The fourth-order valence-electron chi connectivity index (χ4n) is 4.61. The minimum absolute atomic E-state index is 0.0413. The molecule has 1 saturated heterocycles. The van der Waals surface area contributed by atoms with Crippen molar-refractivity contribution in [2.75, 3.05) is 23.3 Å². The molecule has 1 fully saturated rings. The van der Waals surface area contributed by atoms with Gasteiger partial charge in [0, 0.05) is 30.5 Å². The highest BCUT2D eigenvalue weighted by Gasteiger charge is 2.47. The van der Waals surface area contributed by atoms with Crippen LogP contribution in [-0.4, -0.2) is 45.0 Å². The Balaban J connectivity index is 1.80. The Kier molecular flexibility index (Phi) is 6.71. The van der Waals surface area contributed by atoms with Gasteiger partial charge in [0.1, 0.15) is 11.2 Å². The van der Waals surface area contributed by atoms with Gasteiger partial charge in [-0.3, -0.25) is 0 Å². The molecule has 0 saturated carbocycles. The van der Waals surface area contributed by atoms with E-state index < -0.39 is 29.8 Å². The minimum atomic E-state index is -2.82. The van der Waals surface area contributed by atoms with E-state index in [-0.39, 0.29) is 41.1 Å². The molecule has 188 valence electrons. The number of rotatable bonds is 5. The standard InChI is InChI=1S/C25H25ClF2N6O2/c1-12-7-16(15(4)30-17-5-6-20(26)32-22(17)24(35)36)21-18(8-12)31-19(9-29)23(33-21)34-10-13(2)25(27,28)14(3)11-34/h5-8,13-15,30H,10-11H2,1-4H3,(H,35,36)/t13?,14?,15-/m1/s1. The first kappa shape index (κ1) is 25.5. The maximum Gasteiger partial charge on any atom is 0.356 e. The van der Waals surface area contributed by atoms with Crippen molar-refractivity contribution in [3.63, 3.8) is 0 Å². The second-order valence-electron chi connectivity index (χ2n) is 9.31. The molecule has 3 heterocycles. The summed E-state index contributed by atoms with van der Waals surface area (Å²) in [6, 6.07) is 8.34. The summed E-state index contributed by atoms with van der Waals surface area (Å²) in [6.45, 7) is 6.77. The van der Waals surface area contributed by atoms with Gasteiger partial charge in [0.15, 0.2) is 17.2 Å². The maximum absolute atomic E-state index is 14.5. The van der Waals surface area contributed by atoms with Gasteiger partial charge in [0.05, 0.1) is 22.8 Å². The van der Waals surface area contributed by atoms with Crippen LogP contribution in [0.3, 0.4) is 0 Å². The van der Waals surface area contributed by atoms with Crippen molar-refractivity contribution in [3.05, 3.63) is 51.9 Å². The van der Waals surface area contributed by atoms with Crippen molar-refractivity contribution < 1.29 is 18.7 Å². The lowest BCUT2D eigenvalue weighted by Gasteiger charge is -2.41. The number of hydrogen-bond donors (Lipinski definition) is 2. The number of alkyl halides is 2. The molecular formula is C25H25ClF2N6O2. The quantitative estimate of drug-likeness (QED) is 0.431. The van der Waals surface area contributed by atoms with Crippen LogP contribution in [0.2, 0.25) is 5.15 Å². The van der Waals surface area contributed by atoms with Gasteiger partial charge in [-0.25, -0.2) is 28.5 Å². The number of carbonyl (C=O) groups is 1. The molecule has 4 rings (SSSR count). The lowest BCUT2D eigenvalue weighted by Crippen LogP contribution is -2.52. The Hall–Kier alpha value is -3.58. The summed E-state index contributed by atoms with van der Waals surface area (Å²) >= 11 is 5.87. The number of pyridine rings is 1. The Morgan fingerprint density at radius 2 is 1.92 bits per heavy atom. The molecule has 1 aliphatic heterocycles. The zero-order valence-electron chi connectivity index (χ0n) is 20.2. The molecule has 11 heteroatoms. The lowest BCUT2D eigenvalue weighted by molar-refractivity contribution is -0.105. The fourth-order valence-corrected chi connectivity index (χ4v) is 4.76. The molecular weight excluding hydrogens is 490 g/mol. The number of nitriles is 1. The highest BCUT2D eigenvalue weighted by molar-refractivity contribution is 6.29. The Labute approximate surface area is 211 Å². The normalized spacial score (nSPS) is 20.1. The van der Waals surface area contributed by atoms with Crippen LogP contribution in [0.25, 0.3) is 11.0 Å². The van der Waals surface area contributed by atoms with Crippen molar-refractivity contribution in [1.82, 2.24) is 15.0 Å². The molecule has 0 aliphatic carbocycles. The van der Waals surface area contributed by atoms with Crippen LogP contribution in [0.4, 0.5) is 20.3 Å². The van der Waals surface area contributed by atoms with Gasteiger partial charge >= 0.3 is 5.97 Å². The van der Waals surface area contributed by atoms with E-state index in [2.05, 4.69) is 21.4 Å². The van der Waals surface area contributed by atoms with Crippen LogP contribution >= 0.6 is 11.6 Å². The average molecular weight is 515 g/mol. The number of aromatic carboxylic acids is 1. The molecule has 3 aromatic rings. The van der Waals surface area contributed by atoms with E-state index in [4.69, 9.17) is 16.6 Å². The van der Waals surface area contributed by atoms with Gasteiger partial charge in [0.25, 0.3) is 5.92 Å². The number of anilines is 2. The molecule has 36 heavy (non-hydrogen) atoms. The largest absolute Gasteiger partial charge is 0.476 e. The summed E-state index contributed by atoms with van der Waals surface area (Å²) < 4.78 is 28.9. The summed E-state index contributed by atoms with van der Waals surface area (Å²) in [5.41, 5.74) is 2.67. The van der Waals surface area contributed by atoms with Crippen LogP contribution < -0.4 is 10.2 Å². The van der Waals surface area contributed by atoms with Crippen molar-refractivity contribution in [2.24, 2.45) is 11.8 Å². The van der Waals surface area contributed by atoms with E-state index in [1.54, 1.807) is 11.0 Å². The number of hydrogen-bond acceptors (Lipinski definition) is 7. The smallest absolute Gasteiger partial charge is 0.356 e. The number of carboxylic acid groups (broad SMARTS) is 1. The van der Waals surface area contributed by atoms with Crippen molar-refractivity contribution in [1.29, 1.82) is 5.26 Å². The van der Waals surface area contributed by atoms with Crippen molar-refractivity contribution in [3.8, 4) is 6.07 Å². The molecule has 0 radical (unpaired) electrons. The first-order valence-corrected chi connectivity index (χ1v) is 11.8. The van der Waals surface area contributed by atoms with E-state index in [9.17, 15) is 23.9 Å². The number of benzene rings is 1. The fraction of sp³-hybridized carbons (Fsp3) is 0.400. The monoisotopic (exact) mass is 514 g/mol. The predicted molar refractivity (Wildman–Crippen MR) is 133 cm³/mol. The number of aryl methyl sites for hydroxylation is 1. The predicted octanol–water partition coefficient (Wildman–Crippen LogP) is 5.46. The summed E-state index contributed by atoms with van der Waals surface area (Å²) in [7, 11) is 0. The number of aromatic nitrogens is 3. The van der Waals surface area contributed by atoms with Crippen LogP contribution in [-0.2, 0) is 0 Å². The topological polar surface area (TPSA) is 115 Å². The highest BCUT2D eigenvalue weighted by atomic mass is 35.5. The molecule has 0 spiro atoms. The van der Waals surface area contributed by atoms with Gasteiger partial charge in [-0.1, -0.05) is 31.5 Å². The van der Waals surface area contributed by atoms with Crippen molar-refractivity contribution in [2.45, 2.75) is 39.7 Å². The van der Waals surface area contributed by atoms with Gasteiger partial charge in [-0.05, 0) is 37.6 Å². The summed E-state index contributed by atoms with van der Waals surface area (Å²) in [4.78, 5) is 26.6. The van der Waals surface area contributed by atoms with Crippen LogP contribution in [0.5, 0.6) is 0 Å². The van der Waals surface area contributed by atoms with Crippen LogP contribution in [0, 0.1) is 30.1 Å². The van der Waals surface area contributed by atoms with E-state index in [1.807, 2.05) is 19.9 Å². The molecule has 1 aliphatic rings. The zero-order chi connectivity index (χ0) is 26.4. The molecule has 0 bridgehead atoms. The van der Waals surface area contributed by atoms with Crippen LogP contribution in [0.15, 0.2) is 24.3 Å². The van der Waals surface area contributed by atoms with Crippen molar-refractivity contribution >= 4 is 40.1 Å². The van der Waals surface area contributed by atoms with E-state index in [0.717, 1.165) is 5.56 Å². The first-order chi connectivity index (χ1) is 16.9. The van der Waals surface area contributed by atoms with E-state index in [1.165, 1.54) is 26.0 Å². The van der Waals surface area contributed by atoms with Gasteiger partial charge in [-0.2, -0.15) is 5.26 Å².